The van der Waals surface area contributed by atoms with Crippen LogP contribution in [-0.2, 0) is 28.7 Å². The zero-order chi connectivity index (χ0) is 31.4. The summed E-state index contributed by atoms with van der Waals surface area (Å²) in [5.41, 5.74) is 3.82. The van der Waals surface area contributed by atoms with Gasteiger partial charge in [0.05, 0.1) is 5.92 Å². The third-order valence-electron chi connectivity index (χ3n) is 5.36. The number of carboxylic acid groups (broad SMARTS) is 1. The molecule has 0 rings (SSSR count). The summed E-state index contributed by atoms with van der Waals surface area (Å²) in [6.07, 6.45) is -0.926. The molecule has 230 valence electrons. The second-order valence-corrected chi connectivity index (χ2v) is 11.9. The first-order valence-corrected chi connectivity index (χ1v) is 13.2. The molecule has 0 aliphatic rings. The van der Waals surface area contributed by atoms with Gasteiger partial charge in [-0.05, 0) is 66.7 Å². The van der Waals surface area contributed by atoms with Crippen molar-refractivity contribution in [3.05, 3.63) is 0 Å². The van der Waals surface area contributed by atoms with Crippen molar-refractivity contribution in [3.8, 4) is 0 Å². The number of nitrogens with one attached hydrogen (secondary N) is 4. The fourth-order valence-electron chi connectivity index (χ4n) is 3.30. The first-order chi connectivity index (χ1) is 18.1. The average molecular weight is 574 g/mol. The molecule has 14 heteroatoms. The molecule has 0 saturated heterocycles. The number of unbranched alkanes of at least 4 members (excludes halogenated alkanes) is 1. The second kappa shape index (κ2) is 15.9. The zero-order valence-corrected chi connectivity index (χ0v) is 25.0. The lowest BCUT2D eigenvalue weighted by Crippen LogP contribution is -2.59. The first-order valence-electron chi connectivity index (χ1n) is 13.2. The Morgan fingerprint density at radius 1 is 0.750 bits per heavy atom. The summed E-state index contributed by atoms with van der Waals surface area (Å²) in [4.78, 5) is 73.3. The van der Waals surface area contributed by atoms with Crippen molar-refractivity contribution in [2.45, 2.75) is 111 Å². The summed E-state index contributed by atoms with van der Waals surface area (Å²) < 4.78 is 10.3. The molecular formula is C26H47N5O9. The topological polar surface area (TPSA) is 215 Å². The molecule has 0 aliphatic carbocycles. The summed E-state index contributed by atoms with van der Waals surface area (Å²) in [6, 6.07) is -3.57. The van der Waals surface area contributed by atoms with Gasteiger partial charge in [0.25, 0.3) is 0 Å². The van der Waals surface area contributed by atoms with Gasteiger partial charge in [-0.25, -0.2) is 14.4 Å². The third kappa shape index (κ3) is 15.1. The van der Waals surface area contributed by atoms with E-state index in [1.165, 1.54) is 6.92 Å². The van der Waals surface area contributed by atoms with Gasteiger partial charge in [0.2, 0.25) is 17.7 Å². The number of hydrogen-bond acceptors (Lipinski definition) is 8. The van der Waals surface area contributed by atoms with Crippen LogP contribution in [0.25, 0.3) is 0 Å². The standard InChI is InChI=1S/C26H47N5O9/c1-14(2)17(31-24(38)40-26(7,8)9)21(34)30-18(15(3)19(27)32)20(33)28-13-11-10-12-16(22(35)36)29-23(37)39-25(4,5)6/h14-18H,10-13H2,1-9H3,(H2,27,32)(H,28,33)(H,29,37)(H,30,34)(H,31,38)(H,35,36)/t15?,16-,17-,18+/m0/s1. The third-order valence-corrected chi connectivity index (χ3v) is 5.36. The lowest BCUT2D eigenvalue weighted by atomic mass is 9.98. The first kappa shape index (κ1) is 36.4. The summed E-state index contributed by atoms with van der Waals surface area (Å²) in [5, 5.41) is 19.3. The van der Waals surface area contributed by atoms with Gasteiger partial charge in [-0.2, -0.15) is 0 Å². The summed E-state index contributed by atoms with van der Waals surface area (Å²) >= 11 is 0. The molecule has 0 aromatic rings. The lowest BCUT2D eigenvalue weighted by Gasteiger charge is -2.28. The molecular weight excluding hydrogens is 526 g/mol. The molecule has 0 radical (unpaired) electrons. The van der Waals surface area contributed by atoms with Crippen molar-refractivity contribution >= 4 is 35.9 Å². The number of ether oxygens (including phenoxy) is 2. The molecule has 0 aromatic carbocycles. The van der Waals surface area contributed by atoms with E-state index >= 15 is 0 Å². The van der Waals surface area contributed by atoms with Crippen molar-refractivity contribution in [2.75, 3.05) is 6.54 Å². The Kier molecular flexibility index (Phi) is 14.5. The number of carboxylic acids is 1. The minimum Gasteiger partial charge on any atom is -0.480 e. The van der Waals surface area contributed by atoms with Gasteiger partial charge in [-0.3, -0.25) is 14.4 Å². The molecule has 14 nitrogen and oxygen atoms in total. The lowest BCUT2D eigenvalue weighted by molar-refractivity contribution is -0.139. The zero-order valence-electron chi connectivity index (χ0n) is 25.0. The van der Waals surface area contributed by atoms with E-state index in [9.17, 15) is 33.9 Å². The van der Waals surface area contributed by atoms with E-state index < -0.39 is 71.1 Å². The van der Waals surface area contributed by atoms with Crippen molar-refractivity contribution < 1.29 is 43.3 Å². The quantitative estimate of drug-likeness (QED) is 0.165. The number of amides is 5. The molecule has 5 amide bonds. The Balaban J connectivity index is 5.14. The van der Waals surface area contributed by atoms with Crippen molar-refractivity contribution in [2.24, 2.45) is 17.6 Å². The molecule has 0 fully saturated rings. The Hall–Kier alpha value is -3.58. The number of hydrogen-bond donors (Lipinski definition) is 6. The van der Waals surface area contributed by atoms with Crippen molar-refractivity contribution in [1.82, 2.24) is 21.3 Å². The predicted molar refractivity (Wildman–Crippen MR) is 146 cm³/mol. The molecule has 7 N–H and O–H groups in total. The van der Waals surface area contributed by atoms with Crippen LogP contribution in [0.5, 0.6) is 0 Å². The maximum atomic E-state index is 13.0. The largest absolute Gasteiger partial charge is 0.480 e. The maximum absolute atomic E-state index is 13.0. The Bertz CT molecular complexity index is 909. The monoisotopic (exact) mass is 573 g/mol. The van der Waals surface area contributed by atoms with Crippen LogP contribution in [0.1, 0.15) is 81.6 Å². The number of carbonyl (C=O) groups is 6. The number of nitrogens with two attached hydrogens (primary N) is 1. The summed E-state index contributed by atoms with van der Waals surface area (Å²) in [7, 11) is 0. The van der Waals surface area contributed by atoms with E-state index in [1.54, 1.807) is 55.4 Å². The maximum Gasteiger partial charge on any atom is 0.408 e. The fraction of sp³-hybridized carbons (Fsp3) is 0.769. The summed E-state index contributed by atoms with van der Waals surface area (Å²) in [6.45, 7) is 14.8. The molecule has 4 atom stereocenters. The van der Waals surface area contributed by atoms with Gasteiger partial charge in [-0.15, -0.1) is 0 Å². The molecule has 0 saturated carbocycles. The van der Waals surface area contributed by atoms with Crippen LogP contribution >= 0.6 is 0 Å². The van der Waals surface area contributed by atoms with E-state index in [1.807, 2.05) is 0 Å². The van der Waals surface area contributed by atoms with Gasteiger partial charge in [0.15, 0.2) is 0 Å². The minimum absolute atomic E-state index is 0.0781. The minimum atomic E-state index is -1.33. The van der Waals surface area contributed by atoms with E-state index in [2.05, 4.69) is 21.3 Å². The van der Waals surface area contributed by atoms with Crippen LogP contribution in [-0.4, -0.2) is 76.9 Å². The normalized spacial score (nSPS) is 14.7. The SMILES string of the molecule is CC(C)[C@H](NC(=O)OC(C)(C)C)C(=O)N[C@@H](C(=O)NCCCC[C@H](NC(=O)OC(C)(C)C)C(=O)O)C(C)C(N)=O. The van der Waals surface area contributed by atoms with Gasteiger partial charge < -0.3 is 41.6 Å². The molecule has 0 aromatic heterocycles. The van der Waals surface area contributed by atoms with Crippen LogP contribution in [0, 0.1) is 11.8 Å². The van der Waals surface area contributed by atoms with Crippen molar-refractivity contribution in [3.63, 3.8) is 0 Å². The highest BCUT2D eigenvalue weighted by Crippen LogP contribution is 2.11. The van der Waals surface area contributed by atoms with E-state index in [-0.39, 0.29) is 18.9 Å². The molecule has 0 spiro atoms. The highest BCUT2D eigenvalue weighted by molar-refractivity contribution is 5.94. The van der Waals surface area contributed by atoms with E-state index in [0.717, 1.165) is 0 Å². The Morgan fingerprint density at radius 3 is 1.68 bits per heavy atom. The van der Waals surface area contributed by atoms with Gasteiger partial charge >= 0.3 is 18.2 Å². The highest BCUT2D eigenvalue weighted by Gasteiger charge is 2.34. The number of alkyl carbamates (subject to hydrolysis) is 2. The van der Waals surface area contributed by atoms with E-state index in [4.69, 9.17) is 15.2 Å². The van der Waals surface area contributed by atoms with Gasteiger partial charge in [-0.1, -0.05) is 20.8 Å². The molecule has 1 unspecified atom stereocenters. The van der Waals surface area contributed by atoms with E-state index in [0.29, 0.717) is 12.8 Å². The van der Waals surface area contributed by atoms with Gasteiger partial charge in [0.1, 0.15) is 29.3 Å². The fourth-order valence-corrected chi connectivity index (χ4v) is 3.30. The molecule has 0 aliphatic heterocycles. The van der Waals surface area contributed by atoms with Crippen LogP contribution in [0.3, 0.4) is 0 Å². The summed E-state index contributed by atoms with van der Waals surface area (Å²) in [5.74, 6) is -4.89. The van der Waals surface area contributed by atoms with Crippen LogP contribution in [0.2, 0.25) is 0 Å². The number of rotatable bonds is 14. The molecule has 0 bridgehead atoms. The number of primary amides is 1. The number of aliphatic carboxylic acids is 1. The van der Waals surface area contributed by atoms with Crippen LogP contribution < -0.4 is 27.0 Å². The molecule has 0 heterocycles. The highest BCUT2D eigenvalue weighted by atomic mass is 16.6. The Labute approximate surface area is 235 Å². The van der Waals surface area contributed by atoms with Gasteiger partial charge in [0, 0.05) is 6.54 Å². The smallest absolute Gasteiger partial charge is 0.408 e. The predicted octanol–water partition coefficient (Wildman–Crippen LogP) is 1.41. The van der Waals surface area contributed by atoms with Crippen LogP contribution in [0.15, 0.2) is 0 Å². The Morgan fingerprint density at radius 2 is 1.25 bits per heavy atom. The second-order valence-electron chi connectivity index (χ2n) is 11.9. The van der Waals surface area contributed by atoms with Crippen LogP contribution in [0.4, 0.5) is 9.59 Å². The number of carbonyl (C=O) groups excluding carboxylic acids is 5. The van der Waals surface area contributed by atoms with Crippen molar-refractivity contribution in [1.29, 1.82) is 0 Å². The average Bonchev–Trinajstić information content (AvgIpc) is 2.76. The molecule has 40 heavy (non-hydrogen) atoms.